The molecule has 0 N–H and O–H groups in total. The van der Waals surface area contributed by atoms with Crippen LogP contribution in [0, 0.1) is 0 Å². The maximum atomic E-state index is 5.18. The average molecular weight is 128 g/mol. The molecule has 0 saturated carbocycles. The van der Waals surface area contributed by atoms with E-state index in [1.54, 1.807) is 7.05 Å². The van der Waals surface area contributed by atoms with E-state index >= 15 is 0 Å². The maximum Gasteiger partial charge on any atom is 0.0229 e. The quantitative estimate of drug-likeness (QED) is 0.485. The van der Waals surface area contributed by atoms with E-state index in [4.69, 9.17) is 11.8 Å². The van der Waals surface area contributed by atoms with E-state index in [1.165, 1.54) is 10.6 Å². The van der Waals surface area contributed by atoms with Crippen LogP contribution in [0.2, 0.25) is 0 Å². The Morgan fingerprint density at radius 3 is 2.00 bits per heavy atom. The van der Waals surface area contributed by atoms with E-state index in [0.29, 0.717) is 0 Å². The van der Waals surface area contributed by atoms with Crippen LogP contribution >= 0.6 is 24.2 Å². The van der Waals surface area contributed by atoms with E-state index in [0.717, 1.165) is 0 Å². The van der Waals surface area contributed by atoms with Crippen molar-refractivity contribution in [3.63, 3.8) is 0 Å². The third-order valence-electron chi connectivity index (χ3n) is 0.252. The molecule has 0 aromatic carbocycles. The first-order valence-corrected chi connectivity index (χ1v) is 1.62. The maximum absolute atomic E-state index is 5.18. The first kappa shape index (κ1) is 9.45. The summed E-state index contributed by atoms with van der Waals surface area (Å²) >= 11 is 5.18. The Kier molecular flexibility index (Phi) is 8.07. The molecule has 0 radical (unpaired) electrons. The van der Waals surface area contributed by atoms with Crippen LogP contribution in [0.5, 0.6) is 0 Å². The Balaban J connectivity index is 0. The molecule has 0 saturated heterocycles. The molecule has 3 heteroatoms. The van der Waals surface area contributed by atoms with Crippen molar-refractivity contribution in [3.8, 4) is 0 Å². The summed E-state index contributed by atoms with van der Waals surface area (Å²) in [5, 5.41) is 0. The van der Waals surface area contributed by atoms with Gasteiger partial charge in [0, 0.05) is 25.0 Å². The monoisotopic (exact) mass is 127 g/mol. The normalized spacial score (nSPS) is 5.67. The lowest BCUT2D eigenvalue weighted by Crippen LogP contribution is -1.87. The molecule has 0 amide bonds. The zero-order chi connectivity index (χ0) is 4.28. The summed E-state index contributed by atoms with van der Waals surface area (Å²) in [7, 11) is 1.70. The van der Waals surface area contributed by atoms with Crippen LogP contribution in [-0.2, 0) is 0 Å². The van der Waals surface area contributed by atoms with Crippen LogP contribution in [0.15, 0.2) is 12.8 Å². The van der Waals surface area contributed by atoms with Gasteiger partial charge in [0.25, 0.3) is 0 Å². The minimum absolute atomic E-state index is 0. The Morgan fingerprint density at radius 1 is 1.83 bits per heavy atom. The van der Waals surface area contributed by atoms with Gasteiger partial charge in [-0.1, -0.05) is 6.58 Å². The van der Waals surface area contributed by atoms with Gasteiger partial charge in [-0.05, 0) is 0 Å². The topological polar surface area (TPSA) is 3.24 Å². The number of halogens is 2. The molecule has 0 fully saturated rings. The molecular formula is C3H7Cl2N. The highest BCUT2D eigenvalue weighted by atomic mass is 35.5. The number of hydrogen-bond acceptors (Lipinski definition) is 1. The summed E-state index contributed by atoms with van der Waals surface area (Å²) in [6.07, 6.45) is 1.52. The highest BCUT2D eigenvalue weighted by molar-refractivity contribution is 6.13. The molecule has 0 aromatic rings. The van der Waals surface area contributed by atoms with Gasteiger partial charge in [-0.15, -0.1) is 12.4 Å². The Bertz CT molecular complexity index is 35.8. The lowest BCUT2D eigenvalue weighted by atomic mass is 11.0. The van der Waals surface area contributed by atoms with Gasteiger partial charge in [-0.3, -0.25) is 4.42 Å². The predicted molar refractivity (Wildman–Crippen MR) is 31.1 cm³/mol. The van der Waals surface area contributed by atoms with Crippen molar-refractivity contribution < 1.29 is 0 Å². The SMILES string of the molecule is C=CN(C)Cl.Cl. The molecule has 0 atom stereocenters. The molecule has 0 aliphatic carbocycles. The molecule has 0 rings (SSSR count). The molecule has 0 heterocycles. The van der Waals surface area contributed by atoms with Crippen molar-refractivity contribution in [1.29, 1.82) is 0 Å². The van der Waals surface area contributed by atoms with Gasteiger partial charge >= 0.3 is 0 Å². The second-order valence-electron chi connectivity index (χ2n) is 0.707. The van der Waals surface area contributed by atoms with E-state index in [-0.39, 0.29) is 12.4 Å². The largest absolute Gasteiger partial charge is 0.296 e. The summed E-state index contributed by atoms with van der Waals surface area (Å²) in [4.78, 5) is 0. The molecule has 38 valence electrons. The van der Waals surface area contributed by atoms with Crippen LogP contribution in [-0.4, -0.2) is 11.5 Å². The fraction of sp³-hybridized carbons (Fsp3) is 0.333. The van der Waals surface area contributed by atoms with Crippen LogP contribution in [0.1, 0.15) is 0 Å². The molecular weight excluding hydrogens is 121 g/mol. The first-order chi connectivity index (χ1) is 2.27. The summed E-state index contributed by atoms with van der Waals surface area (Å²) < 4.78 is 1.36. The third-order valence-corrected chi connectivity index (χ3v) is 0.390. The first-order valence-electron chi connectivity index (χ1n) is 1.28. The molecule has 0 spiro atoms. The summed E-state index contributed by atoms with van der Waals surface area (Å²) in [6, 6.07) is 0. The highest BCUT2D eigenvalue weighted by Gasteiger charge is 1.66. The van der Waals surface area contributed by atoms with Crippen LogP contribution in [0.25, 0.3) is 0 Å². The fourth-order valence-electron chi connectivity index (χ4n) is 0. The lowest BCUT2D eigenvalue weighted by molar-refractivity contribution is 0.755. The number of rotatable bonds is 1. The molecule has 0 aromatic heterocycles. The van der Waals surface area contributed by atoms with Crippen LogP contribution < -0.4 is 0 Å². The van der Waals surface area contributed by atoms with E-state index in [1.807, 2.05) is 0 Å². The molecule has 0 aliphatic heterocycles. The standard InChI is InChI=1S/C3H6ClN.ClH/c1-3-5(2)4;/h3H,1H2,2H3;1H. The van der Waals surface area contributed by atoms with Crippen molar-refractivity contribution in [2.45, 2.75) is 0 Å². The van der Waals surface area contributed by atoms with Gasteiger partial charge in [-0.25, -0.2) is 0 Å². The summed E-state index contributed by atoms with van der Waals surface area (Å²) in [6.45, 7) is 3.35. The smallest absolute Gasteiger partial charge is 0.0229 e. The second-order valence-corrected chi connectivity index (χ2v) is 1.24. The third kappa shape index (κ3) is 8.92. The predicted octanol–water partition coefficient (Wildman–Crippen LogP) is 1.64. The minimum atomic E-state index is 0. The van der Waals surface area contributed by atoms with Gasteiger partial charge in [0.05, 0.1) is 0 Å². The van der Waals surface area contributed by atoms with Crippen LogP contribution in [0.4, 0.5) is 0 Å². The lowest BCUT2D eigenvalue weighted by Gasteiger charge is -1.93. The molecule has 0 bridgehead atoms. The highest BCUT2D eigenvalue weighted by Crippen LogP contribution is 1.81. The molecule has 1 nitrogen and oxygen atoms in total. The molecule has 6 heavy (non-hydrogen) atoms. The van der Waals surface area contributed by atoms with Crippen LogP contribution in [0.3, 0.4) is 0 Å². The number of nitrogens with zero attached hydrogens (tertiary/aromatic N) is 1. The minimum Gasteiger partial charge on any atom is -0.296 e. The van der Waals surface area contributed by atoms with Gasteiger partial charge in [-0.2, -0.15) is 0 Å². The average Bonchev–Trinajstić information content (AvgIpc) is 1.38. The van der Waals surface area contributed by atoms with Gasteiger partial charge in [0.15, 0.2) is 0 Å². The van der Waals surface area contributed by atoms with E-state index in [9.17, 15) is 0 Å². The molecule has 0 unspecified atom stereocenters. The number of hydrogen-bond donors (Lipinski definition) is 0. The van der Waals surface area contributed by atoms with Gasteiger partial charge in [0.2, 0.25) is 0 Å². The van der Waals surface area contributed by atoms with Crippen molar-refractivity contribution in [1.82, 2.24) is 4.42 Å². The summed E-state index contributed by atoms with van der Waals surface area (Å²) in [5.41, 5.74) is 0. The van der Waals surface area contributed by atoms with Crippen molar-refractivity contribution in [2.75, 3.05) is 7.05 Å². The van der Waals surface area contributed by atoms with E-state index < -0.39 is 0 Å². The molecule has 0 aliphatic rings. The van der Waals surface area contributed by atoms with Gasteiger partial charge < -0.3 is 0 Å². The van der Waals surface area contributed by atoms with Crippen molar-refractivity contribution >= 4 is 24.2 Å². The van der Waals surface area contributed by atoms with Crippen molar-refractivity contribution in [3.05, 3.63) is 12.8 Å². The second kappa shape index (κ2) is 5.12. The zero-order valence-corrected chi connectivity index (χ0v) is 5.09. The summed E-state index contributed by atoms with van der Waals surface area (Å²) in [5.74, 6) is 0. The Labute approximate surface area is 49.1 Å². The Morgan fingerprint density at radius 2 is 2.00 bits per heavy atom. The van der Waals surface area contributed by atoms with E-state index in [2.05, 4.69) is 6.58 Å². The Hall–Kier alpha value is 0.120. The van der Waals surface area contributed by atoms with Gasteiger partial charge in [0.1, 0.15) is 0 Å². The zero-order valence-electron chi connectivity index (χ0n) is 3.52. The fourth-order valence-corrected chi connectivity index (χ4v) is 0. The van der Waals surface area contributed by atoms with Crippen molar-refractivity contribution in [2.24, 2.45) is 0 Å².